The Bertz CT molecular complexity index is 678. The van der Waals surface area contributed by atoms with E-state index in [1.54, 1.807) is 18.2 Å². The Morgan fingerprint density at radius 2 is 1.68 bits per heavy atom. The minimum Gasteiger partial charge on any atom is -0.487 e. The van der Waals surface area contributed by atoms with Crippen LogP contribution in [0.4, 0.5) is 5.69 Å². The van der Waals surface area contributed by atoms with Gasteiger partial charge in [0.15, 0.2) is 0 Å². The van der Waals surface area contributed by atoms with Gasteiger partial charge in [0.05, 0.1) is 0 Å². The molecule has 5 heteroatoms. The van der Waals surface area contributed by atoms with Crippen LogP contribution in [0, 0.1) is 6.92 Å². The third-order valence-corrected chi connectivity index (χ3v) is 4.30. The molecule has 2 aromatic rings. The molecule has 2 aromatic carbocycles. The lowest BCUT2D eigenvalue weighted by Crippen LogP contribution is -2.27. The molecule has 0 radical (unpaired) electrons. The van der Waals surface area contributed by atoms with Crippen LogP contribution in [0.5, 0.6) is 11.5 Å². The standard InChI is InChI=1S/C17H22NO3P/c1-12-10-11-14(18)16(15(12)20-17(2,3)4)22(19)21-13-8-6-5-7-9-13/h5-11,22H,18H2,1-4H3. The normalized spacial score (nSPS) is 12.7. The summed E-state index contributed by atoms with van der Waals surface area (Å²) in [5.74, 6) is 1.10. The summed E-state index contributed by atoms with van der Waals surface area (Å²) in [4.78, 5) is 0. The summed E-state index contributed by atoms with van der Waals surface area (Å²) in [7, 11) is -2.57. The average molecular weight is 319 g/mol. The smallest absolute Gasteiger partial charge is 0.271 e. The highest BCUT2D eigenvalue weighted by Crippen LogP contribution is 2.35. The molecule has 0 aliphatic carbocycles. The van der Waals surface area contributed by atoms with Crippen molar-refractivity contribution in [2.24, 2.45) is 0 Å². The minimum absolute atomic E-state index is 0.414. The molecule has 0 saturated carbocycles. The van der Waals surface area contributed by atoms with Gasteiger partial charge in [-0.05, 0) is 51.5 Å². The zero-order valence-electron chi connectivity index (χ0n) is 13.3. The van der Waals surface area contributed by atoms with Crippen molar-refractivity contribution in [3.63, 3.8) is 0 Å². The van der Waals surface area contributed by atoms with E-state index < -0.39 is 13.6 Å². The van der Waals surface area contributed by atoms with Crippen LogP contribution in [-0.4, -0.2) is 5.60 Å². The highest BCUT2D eigenvalue weighted by atomic mass is 31.1. The molecule has 1 atom stereocenters. The molecule has 0 amide bonds. The van der Waals surface area contributed by atoms with Gasteiger partial charge in [0.25, 0.3) is 8.03 Å². The summed E-state index contributed by atoms with van der Waals surface area (Å²) in [5.41, 5.74) is 6.92. The van der Waals surface area contributed by atoms with Crippen LogP contribution in [-0.2, 0) is 4.57 Å². The predicted molar refractivity (Wildman–Crippen MR) is 91.7 cm³/mol. The molecular weight excluding hydrogens is 297 g/mol. The van der Waals surface area contributed by atoms with Gasteiger partial charge in [0.1, 0.15) is 22.4 Å². The molecule has 4 nitrogen and oxygen atoms in total. The number of ether oxygens (including phenoxy) is 1. The zero-order valence-corrected chi connectivity index (χ0v) is 14.3. The van der Waals surface area contributed by atoms with Gasteiger partial charge in [-0.3, -0.25) is 4.57 Å². The van der Waals surface area contributed by atoms with Crippen molar-refractivity contribution in [2.45, 2.75) is 33.3 Å². The van der Waals surface area contributed by atoms with E-state index in [0.29, 0.717) is 22.5 Å². The van der Waals surface area contributed by atoms with Crippen molar-refractivity contribution in [3.05, 3.63) is 48.0 Å². The quantitative estimate of drug-likeness (QED) is 0.685. The van der Waals surface area contributed by atoms with Crippen LogP contribution in [0.3, 0.4) is 0 Å². The Labute approximate surface area is 132 Å². The van der Waals surface area contributed by atoms with Gasteiger partial charge in [-0.25, -0.2) is 0 Å². The third-order valence-electron chi connectivity index (χ3n) is 2.95. The lowest BCUT2D eigenvalue weighted by Gasteiger charge is -2.25. The van der Waals surface area contributed by atoms with E-state index in [-0.39, 0.29) is 0 Å². The number of rotatable bonds is 4. The molecule has 0 aliphatic rings. The first-order chi connectivity index (χ1) is 10.3. The lowest BCUT2D eigenvalue weighted by atomic mass is 10.1. The fourth-order valence-electron chi connectivity index (χ4n) is 2.00. The second-order valence-corrected chi connectivity index (χ2v) is 7.37. The van der Waals surface area contributed by atoms with Crippen molar-refractivity contribution in [2.75, 3.05) is 5.73 Å². The Morgan fingerprint density at radius 1 is 1.05 bits per heavy atom. The number of anilines is 1. The fourth-order valence-corrected chi connectivity index (χ4v) is 3.20. The van der Waals surface area contributed by atoms with E-state index in [2.05, 4.69) is 0 Å². The first-order valence-corrected chi connectivity index (χ1v) is 8.45. The van der Waals surface area contributed by atoms with E-state index >= 15 is 0 Å². The molecule has 22 heavy (non-hydrogen) atoms. The van der Waals surface area contributed by atoms with Crippen LogP contribution in [0.15, 0.2) is 42.5 Å². The summed E-state index contributed by atoms with van der Waals surface area (Å²) >= 11 is 0. The monoisotopic (exact) mass is 319 g/mol. The number of nitrogen functional groups attached to an aromatic ring is 1. The summed E-state index contributed by atoms with van der Waals surface area (Å²) in [6, 6.07) is 12.7. The molecule has 0 spiro atoms. The van der Waals surface area contributed by atoms with Crippen LogP contribution in [0.2, 0.25) is 0 Å². The van der Waals surface area contributed by atoms with Crippen molar-refractivity contribution in [3.8, 4) is 11.5 Å². The van der Waals surface area contributed by atoms with Gasteiger partial charge in [-0.15, -0.1) is 0 Å². The maximum absolute atomic E-state index is 12.7. The number of aryl methyl sites for hydroxylation is 1. The highest BCUT2D eigenvalue weighted by molar-refractivity contribution is 7.49. The van der Waals surface area contributed by atoms with E-state index in [1.807, 2.05) is 52.0 Å². The second-order valence-electron chi connectivity index (χ2n) is 6.09. The molecule has 0 heterocycles. The first kappa shape index (κ1) is 16.4. The molecule has 0 saturated heterocycles. The summed E-state index contributed by atoms with van der Waals surface area (Å²) in [5, 5.41) is 0.448. The maximum Gasteiger partial charge on any atom is 0.271 e. The SMILES string of the molecule is Cc1ccc(N)c([PH](=O)Oc2ccccc2)c1OC(C)(C)C. The molecule has 0 bridgehead atoms. The third kappa shape index (κ3) is 4.05. The number of para-hydroxylation sites is 1. The topological polar surface area (TPSA) is 61.6 Å². The van der Waals surface area contributed by atoms with E-state index in [0.717, 1.165) is 5.56 Å². The number of benzene rings is 2. The Morgan fingerprint density at radius 3 is 2.27 bits per heavy atom. The lowest BCUT2D eigenvalue weighted by molar-refractivity contribution is 0.131. The van der Waals surface area contributed by atoms with Crippen molar-refractivity contribution < 1.29 is 13.8 Å². The maximum atomic E-state index is 12.7. The van der Waals surface area contributed by atoms with Gasteiger partial charge >= 0.3 is 0 Å². The van der Waals surface area contributed by atoms with E-state index in [9.17, 15) is 4.57 Å². The molecular formula is C17H22NO3P. The Balaban J connectivity index is 2.40. The Kier molecular flexibility index (Phi) is 4.82. The van der Waals surface area contributed by atoms with Crippen molar-refractivity contribution in [1.29, 1.82) is 0 Å². The average Bonchev–Trinajstić information content (AvgIpc) is 2.42. The van der Waals surface area contributed by atoms with Gasteiger partial charge in [0, 0.05) is 5.69 Å². The number of hydrogen-bond acceptors (Lipinski definition) is 4. The molecule has 1 unspecified atom stereocenters. The van der Waals surface area contributed by atoms with Gasteiger partial charge in [-0.1, -0.05) is 24.3 Å². The fraction of sp³-hybridized carbons (Fsp3) is 0.294. The predicted octanol–water partition coefficient (Wildman–Crippen LogP) is 3.93. The first-order valence-electron chi connectivity index (χ1n) is 7.13. The largest absolute Gasteiger partial charge is 0.487 e. The minimum atomic E-state index is -2.57. The summed E-state index contributed by atoms with van der Waals surface area (Å²) in [6.07, 6.45) is 0. The molecule has 118 valence electrons. The molecule has 2 rings (SSSR count). The number of nitrogens with two attached hydrogens (primary N) is 1. The summed E-state index contributed by atoms with van der Waals surface area (Å²) in [6.45, 7) is 7.72. The van der Waals surface area contributed by atoms with Crippen LogP contribution in [0.1, 0.15) is 26.3 Å². The van der Waals surface area contributed by atoms with Gasteiger partial charge < -0.3 is 15.0 Å². The van der Waals surface area contributed by atoms with Gasteiger partial charge in [0.2, 0.25) is 0 Å². The molecule has 2 N–H and O–H groups in total. The van der Waals surface area contributed by atoms with E-state index in [4.69, 9.17) is 15.0 Å². The molecule has 0 fully saturated rings. The molecule has 0 aromatic heterocycles. The molecule has 0 aliphatic heterocycles. The second kappa shape index (κ2) is 6.45. The van der Waals surface area contributed by atoms with E-state index in [1.165, 1.54) is 0 Å². The van der Waals surface area contributed by atoms with Gasteiger partial charge in [-0.2, -0.15) is 0 Å². The highest BCUT2D eigenvalue weighted by Gasteiger charge is 2.23. The van der Waals surface area contributed by atoms with Crippen molar-refractivity contribution in [1.82, 2.24) is 0 Å². The van der Waals surface area contributed by atoms with Crippen LogP contribution >= 0.6 is 8.03 Å². The van der Waals surface area contributed by atoms with Crippen molar-refractivity contribution >= 4 is 19.0 Å². The Hall–Kier alpha value is -1.93. The summed E-state index contributed by atoms with van der Waals surface area (Å²) < 4.78 is 24.2. The van der Waals surface area contributed by atoms with Crippen LogP contribution < -0.4 is 20.3 Å². The number of hydrogen-bond donors (Lipinski definition) is 1. The van der Waals surface area contributed by atoms with Crippen LogP contribution in [0.25, 0.3) is 0 Å². The zero-order chi connectivity index (χ0) is 16.3.